The van der Waals surface area contributed by atoms with Gasteiger partial charge in [-0.2, -0.15) is 0 Å². The zero-order valence-corrected chi connectivity index (χ0v) is 13.9. The summed E-state index contributed by atoms with van der Waals surface area (Å²) in [5.74, 6) is 0.446. The van der Waals surface area contributed by atoms with Crippen LogP contribution >= 0.6 is 0 Å². The molecule has 0 heterocycles. The molecule has 2 aromatic carbocycles. The Morgan fingerprint density at radius 2 is 1.83 bits per heavy atom. The first-order valence-corrected chi connectivity index (χ1v) is 8.45. The molecule has 0 amide bonds. The quantitative estimate of drug-likeness (QED) is 0.670. The minimum absolute atomic E-state index is 0.446. The first-order chi connectivity index (χ1) is 11.2. The number of allylic oxidation sites excluding steroid dienone is 3. The Morgan fingerprint density at radius 3 is 2.70 bits per heavy atom. The molecule has 0 saturated heterocycles. The van der Waals surface area contributed by atoms with Crippen LogP contribution in [0.25, 0.3) is 11.1 Å². The highest BCUT2D eigenvalue weighted by molar-refractivity contribution is 5.77. The molecule has 2 aliphatic rings. The van der Waals surface area contributed by atoms with Crippen LogP contribution in [0.1, 0.15) is 29.0 Å². The maximum absolute atomic E-state index is 2.42. The highest BCUT2D eigenvalue weighted by atomic mass is 15.0. The van der Waals surface area contributed by atoms with Crippen molar-refractivity contribution in [2.75, 3.05) is 20.6 Å². The normalized spacial score (nSPS) is 18.2. The fourth-order valence-corrected chi connectivity index (χ4v) is 3.67. The Kier molecular flexibility index (Phi) is 3.66. The zero-order valence-electron chi connectivity index (χ0n) is 13.9. The topological polar surface area (TPSA) is 3.24 Å². The average molecular weight is 301 g/mol. The van der Waals surface area contributed by atoms with Gasteiger partial charge in [0.1, 0.15) is 0 Å². The van der Waals surface area contributed by atoms with Crippen molar-refractivity contribution in [3.8, 4) is 11.1 Å². The lowest BCUT2D eigenvalue weighted by Crippen LogP contribution is -2.12. The molecule has 0 aliphatic heterocycles. The molecule has 4 rings (SSSR count). The Bertz CT molecular complexity index is 795. The van der Waals surface area contributed by atoms with E-state index in [1.165, 1.54) is 33.4 Å². The maximum atomic E-state index is 2.42. The van der Waals surface area contributed by atoms with E-state index < -0.39 is 0 Å². The standard InChI is InChI=1S/C22H23N/c1-23(2)12-11-16-7-8-17(13-16)18-9-10-22-20(14-18)15-19-5-3-4-6-21(19)22/h3-10,13-14,17H,11-12,15H2,1-2H3. The Balaban J connectivity index is 1.57. The second-order valence-electron chi connectivity index (χ2n) is 6.93. The van der Waals surface area contributed by atoms with Gasteiger partial charge in [0.15, 0.2) is 0 Å². The van der Waals surface area contributed by atoms with Crippen LogP contribution in [0, 0.1) is 0 Å². The molecule has 2 aliphatic carbocycles. The molecule has 1 unspecified atom stereocenters. The monoisotopic (exact) mass is 301 g/mol. The molecule has 1 atom stereocenters. The van der Waals surface area contributed by atoms with Crippen LogP contribution in [0.4, 0.5) is 0 Å². The van der Waals surface area contributed by atoms with Gasteiger partial charge >= 0.3 is 0 Å². The molecule has 23 heavy (non-hydrogen) atoms. The van der Waals surface area contributed by atoms with Gasteiger partial charge in [-0.1, -0.05) is 66.3 Å². The number of benzene rings is 2. The van der Waals surface area contributed by atoms with Crippen molar-refractivity contribution >= 4 is 0 Å². The van der Waals surface area contributed by atoms with Crippen LogP contribution in [0.15, 0.2) is 66.3 Å². The van der Waals surface area contributed by atoms with E-state index in [1.54, 1.807) is 0 Å². The Hall–Kier alpha value is -2.12. The molecule has 2 aromatic rings. The van der Waals surface area contributed by atoms with E-state index in [0.717, 1.165) is 19.4 Å². The molecule has 0 fully saturated rings. The summed E-state index contributed by atoms with van der Waals surface area (Å²) in [6.07, 6.45) is 9.28. The van der Waals surface area contributed by atoms with Crippen molar-refractivity contribution < 1.29 is 0 Å². The van der Waals surface area contributed by atoms with Gasteiger partial charge in [-0.05, 0) is 54.8 Å². The van der Waals surface area contributed by atoms with E-state index in [4.69, 9.17) is 0 Å². The summed E-state index contributed by atoms with van der Waals surface area (Å²) in [4.78, 5) is 2.24. The van der Waals surface area contributed by atoms with Gasteiger partial charge in [-0.25, -0.2) is 0 Å². The molecule has 0 aromatic heterocycles. The van der Waals surface area contributed by atoms with Gasteiger partial charge in [0, 0.05) is 12.5 Å². The molecule has 0 bridgehead atoms. The van der Waals surface area contributed by atoms with Gasteiger partial charge in [-0.15, -0.1) is 0 Å². The molecule has 0 N–H and O–H groups in total. The van der Waals surface area contributed by atoms with E-state index >= 15 is 0 Å². The average Bonchev–Trinajstić information content (AvgIpc) is 3.16. The summed E-state index contributed by atoms with van der Waals surface area (Å²) in [5, 5.41) is 0. The number of nitrogens with zero attached hydrogens (tertiary/aromatic N) is 1. The third-order valence-electron chi connectivity index (χ3n) is 4.96. The molecular weight excluding hydrogens is 278 g/mol. The van der Waals surface area contributed by atoms with Crippen molar-refractivity contribution in [1.82, 2.24) is 4.90 Å². The summed E-state index contributed by atoms with van der Waals surface area (Å²) >= 11 is 0. The predicted octanol–water partition coefficient (Wildman–Crippen LogP) is 4.79. The number of fused-ring (bicyclic) bond motifs is 3. The second-order valence-corrected chi connectivity index (χ2v) is 6.93. The third-order valence-corrected chi connectivity index (χ3v) is 4.96. The van der Waals surface area contributed by atoms with E-state index in [1.807, 2.05) is 0 Å². The zero-order chi connectivity index (χ0) is 15.8. The smallest absolute Gasteiger partial charge is 0.0207 e. The summed E-state index contributed by atoms with van der Waals surface area (Å²) in [7, 11) is 4.27. The van der Waals surface area contributed by atoms with Crippen LogP contribution in [-0.2, 0) is 6.42 Å². The van der Waals surface area contributed by atoms with E-state index in [-0.39, 0.29) is 0 Å². The maximum Gasteiger partial charge on any atom is 0.0207 e. The summed E-state index contributed by atoms with van der Waals surface area (Å²) in [6, 6.07) is 15.8. The van der Waals surface area contributed by atoms with Crippen LogP contribution in [0.3, 0.4) is 0 Å². The minimum atomic E-state index is 0.446. The van der Waals surface area contributed by atoms with Gasteiger partial charge in [-0.3, -0.25) is 0 Å². The van der Waals surface area contributed by atoms with Gasteiger partial charge < -0.3 is 4.90 Å². The molecule has 0 spiro atoms. The SMILES string of the molecule is CN(C)CCC1=CC(c2ccc3c(c2)Cc2ccccc2-3)C=C1. The van der Waals surface area contributed by atoms with Crippen molar-refractivity contribution in [1.29, 1.82) is 0 Å². The fourth-order valence-electron chi connectivity index (χ4n) is 3.67. The van der Waals surface area contributed by atoms with E-state index in [9.17, 15) is 0 Å². The molecule has 1 nitrogen and oxygen atoms in total. The summed E-state index contributed by atoms with van der Waals surface area (Å²) in [5.41, 5.74) is 8.66. The highest BCUT2D eigenvalue weighted by Gasteiger charge is 2.20. The molecule has 0 radical (unpaired) electrons. The van der Waals surface area contributed by atoms with Gasteiger partial charge in [0.2, 0.25) is 0 Å². The van der Waals surface area contributed by atoms with E-state index in [0.29, 0.717) is 5.92 Å². The third kappa shape index (κ3) is 2.77. The first kappa shape index (κ1) is 14.5. The number of hydrogen-bond acceptors (Lipinski definition) is 1. The van der Waals surface area contributed by atoms with Gasteiger partial charge in [0.25, 0.3) is 0 Å². The largest absolute Gasteiger partial charge is 0.309 e. The van der Waals surface area contributed by atoms with Gasteiger partial charge in [0.05, 0.1) is 0 Å². The lowest BCUT2D eigenvalue weighted by molar-refractivity contribution is 0.414. The minimum Gasteiger partial charge on any atom is -0.309 e. The lowest BCUT2D eigenvalue weighted by atomic mass is 9.95. The van der Waals surface area contributed by atoms with Crippen LogP contribution in [0.5, 0.6) is 0 Å². The molecule has 116 valence electrons. The van der Waals surface area contributed by atoms with Crippen molar-refractivity contribution in [3.63, 3.8) is 0 Å². The lowest BCUT2D eigenvalue weighted by Gasteiger charge is -2.10. The summed E-state index contributed by atoms with van der Waals surface area (Å²) < 4.78 is 0. The van der Waals surface area contributed by atoms with Crippen LogP contribution in [-0.4, -0.2) is 25.5 Å². The van der Waals surface area contributed by atoms with Crippen molar-refractivity contribution in [2.45, 2.75) is 18.8 Å². The summed E-state index contributed by atoms with van der Waals surface area (Å²) in [6.45, 7) is 1.11. The number of rotatable bonds is 4. The fraction of sp³-hybridized carbons (Fsp3) is 0.273. The predicted molar refractivity (Wildman–Crippen MR) is 97.8 cm³/mol. The Labute approximate surface area is 139 Å². The highest BCUT2D eigenvalue weighted by Crippen LogP contribution is 2.39. The first-order valence-electron chi connectivity index (χ1n) is 8.45. The van der Waals surface area contributed by atoms with Crippen molar-refractivity contribution in [2.24, 2.45) is 0 Å². The molecule has 0 saturated carbocycles. The number of hydrogen-bond donors (Lipinski definition) is 0. The van der Waals surface area contributed by atoms with Crippen molar-refractivity contribution in [3.05, 3.63) is 83.0 Å². The van der Waals surface area contributed by atoms with Crippen LogP contribution in [0.2, 0.25) is 0 Å². The van der Waals surface area contributed by atoms with E-state index in [2.05, 4.69) is 79.7 Å². The molecule has 1 heteroatoms. The molecular formula is C22H23N. The second kappa shape index (κ2) is 5.82. The Morgan fingerprint density at radius 1 is 1.00 bits per heavy atom. The van der Waals surface area contributed by atoms with Crippen LogP contribution < -0.4 is 0 Å².